The highest BCUT2D eigenvalue weighted by molar-refractivity contribution is 7.80. The molecule has 1 N–H and O–H groups in total. The Kier molecular flexibility index (Phi) is 6.30. The maximum atomic E-state index is 13.4. The molecule has 5 nitrogen and oxygen atoms in total. The molecule has 1 aliphatic rings. The molecule has 7 heteroatoms. The number of anilines is 2. The first-order valence-electron chi connectivity index (χ1n) is 9.82. The van der Waals surface area contributed by atoms with Crippen molar-refractivity contribution in [3.05, 3.63) is 95.5 Å². The van der Waals surface area contributed by atoms with Gasteiger partial charge in [0.1, 0.15) is 6.04 Å². The van der Waals surface area contributed by atoms with E-state index in [9.17, 15) is 9.59 Å². The number of para-hydroxylation sites is 1. The van der Waals surface area contributed by atoms with Crippen LogP contribution in [-0.4, -0.2) is 27.9 Å². The Balaban J connectivity index is 1.60. The van der Waals surface area contributed by atoms with E-state index >= 15 is 0 Å². The van der Waals surface area contributed by atoms with Crippen molar-refractivity contribution >= 4 is 52.1 Å². The average molecular weight is 450 g/mol. The lowest BCUT2D eigenvalue weighted by Gasteiger charge is -2.24. The lowest BCUT2D eigenvalue weighted by Crippen LogP contribution is -2.37. The molecule has 1 saturated heterocycles. The molecule has 0 saturated carbocycles. The van der Waals surface area contributed by atoms with Gasteiger partial charge in [0, 0.05) is 17.3 Å². The number of nitrogens with zero attached hydrogens (tertiary/aromatic N) is 2. The molecule has 2 amide bonds. The molecule has 0 aromatic heterocycles. The zero-order valence-corrected chi connectivity index (χ0v) is 18.1. The second-order valence-electron chi connectivity index (χ2n) is 7.18. The van der Waals surface area contributed by atoms with Crippen molar-refractivity contribution in [2.24, 2.45) is 0 Å². The minimum atomic E-state index is -0.702. The monoisotopic (exact) mass is 449 g/mol. The summed E-state index contributed by atoms with van der Waals surface area (Å²) in [5.74, 6) is -0.477. The number of carbonyl (C=O) groups is 2. The second kappa shape index (κ2) is 9.29. The summed E-state index contributed by atoms with van der Waals surface area (Å²) in [6.45, 7) is 0.429. The van der Waals surface area contributed by atoms with Crippen LogP contribution >= 0.6 is 23.8 Å². The molecule has 31 heavy (non-hydrogen) atoms. The Hall–Kier alpha value is -3.22. The van der Waals surface area contributed by atoms with Crippen molar-refractivity contribution in [1.82, 2.24) is 4.90 Å². The van der Waals surface area contributed by atoms with Gasteiger partial charge in [-0.25, -0.2) is 0 Å². The molecule has 0 spiro atoms. The van der Waals surface area contributed by atoms with Gasteiger partial charge in [-0.15, -0.1) is 0 Å². The highest BCUT2D eigenvalue weighted by Crippen LogP contribution is 2.29. The van der Waals surface area contributed by atoms with E-state index < -0.39 is 6.04 Å². The zero-order valence-electron chi connectivity index (χ0n) is 16.6. The molecule has 3 aromatic rings. The van der Waals surface area contributed by atoms with Crippen molar-refractivity contribution in [3.8, 4) is 0 Å². The summed E-state index contributed by atoms with van der Waals surface area (Å²) >= 11 is 11.7. The molecule has 0 radical (unpaired) electrons. The normalized spacial score (nSPS) is 16.0. The van der Waals surface area contributed by atoms with Crippen LogP contribution in [0.3, 0.4) is 0 Å². The van der Waals surface area contributed by atoms with Crippen molar-refractivity contribution < 1.29 is 9.59 Å². The number of amides is 2. The van der Waals surface area contributed by atoms with Gasteiger partial charge in [-0.2, -0.15) is 0 Å². The number of halogens is 1. The van der Waals surface area contributed by atoms with Crippen molar-refractivity contribution in [2.75, 3.05) is 10.2 Å². The summed E-state index contributed by atoms with van der Waals surface area (Å²) in [6.07, 6.45) is -0.00914. The maximum absolute atomic E-state index is 13.4. The number of benzene rings is 3. The molecular formula is C24H20ClN3O2S. The highest BCUT2D eigenvalue weighted by atomic mass is 35.5. The van der Waals surface area contributed by atoms with Crippen LogP contribution in [0.25, 0.3) is 0 Å². The Morgan fingerprint density at radius 3 is 2.19 bits per heavy atom. The lowest BCUT2D eigenvalue weighted by atomic mass is 10.1. The number of nitrogens with one attached hydrogen (secondary N) is 1. The van der Waals surface area contributed by atoms with E-state index in [1.54, 1.807) is 36.4 Å². The van der Waals surface area contributed by atoms with Gasteiger partial charge in [0.15, 0.2) is 5.11 Å². The number of thiocarbonyl (C=S) groups is 1. The van der Waals surface area contributed by atoms with Gasteiger partial charge in [-0.1, -0.05) is 60.1 Å². The molecule has 1 heterocycles. The first-order chi connectivity index (χ1) is 15.0. The van der Waals surface area contributed by atoms with Gasteiger partial charge in [0.2, 0.25) is 5.91 Å². The van der Waals surface area contributed by atoms with Gasteiger partial charge in [0.25, 0.3) is 5.91 Å². The van der Waals surface area contributed by atoms with Crippen LogP contribution in [0.2, 0.25) is 5.02 Å². The van der Waals surface area contributed by atoms with Crippen LogP contribution in [0.15, 0.2) is 84.9 Å². The van der Waals surface area contributed by atoms with E-state index in [1.807, 2.05) is 53.4 Å². The number of carbonyl (C=O) groups excluding carboxylic acids is 2. The predicted octanol–water partition coefficient (Wildman–Crippen LogP) is 4.87. The van der Waals surface area contributed by atoms with Crippen molar-refractivity contribution in [2.45, 2.75) is 19.0 Å². The molecule has 1 aliphatic heterocycles. The number of hydrogen-bond donors (Lipinski definition) is 1. The van der Waals surface area contributed by atoms with Crippen LogP contribution < -0.4 is 10.2 Å². The standard InChI is InChI=1S/C24H20ClN3O2S/c25-18-11-13-20(14-12-18)28-23(30)21(15-22(29)26-19-9-5-2-6-10-19)27(24(28)31)16-17-7-3-1-4-8-17/h1-14,21H,15-16H2,(H,26,29)/t21-/m1/s1. The molecule has 3 aromatic carbocycles. The van der Waals surface area contributed by atoms with Crippen LogP contribution in [0, 0.1) is 0 Å². The van der Waals surface area contributed by atoms with Gasteiger partial charge in [-0.05, 0) is 54.2 Å². The van der Waals surface area contributed by atoms with Crippen LogP contribution in [0.1, 0.15) is 12.0 Å². The first-order valence-corrected chi connectivity index (χ1v) is 10.6. The summed E-state index contributed by atoms with van der Waals surface area (Å²) in [5, 5.41) is 3.79. The third kappa shape index (κ3) is 4.76. The minimum absolute atomic E-state index is 0.00914. The van der Waals surface area contributed by atoms with Crippen LogP contribution in [0.5, 0.6) is 0 Å². The summed E-state index contributed by atoms with van der Waals surface area (Å²) in [4.78, 5) is 29.4. The van der Waals surface area contributed by atoms with Gasteiger partial charge >= 0.3 is 0 Å². The molecule has 0 aliphatic carbocycles. The van der Waals surface area contributed by atoms with Crippen LogP contribution in [-0.2, 0) is 16.1 Å². The zero-order chi connectivity index (χ0) is 21.8. The largest absolute Gasteiger partial charge is 0.332 e. The van der Waals surface area contributed by atoms with Crippen LogP contribution in [0.4, 0.5) is 11.4 Å². The van der Waals surface area contributed by atoms with E-state index in [2.05, 4.69) is 5.32 Å². The summed E-state index contributed by atoms with van der Waals surface area (Å²) < 4.78 is 0. The molecule has 4 rings (SSSR count). The van der Waals surface area contributed by atoms with Gasteiger partial charge < -0.3 is 10.2 Å². The topological polar surface area (TPSA) is 52.7 Å². The molecule has 156 valence electrons. The van der Waals surface area contributed by atoms with E-state index in [-0.39, 0.29) is 18.2 Å². The Morgan fingerprint density at radius 2 is 1.55 bits per heavy atom. The average Bonchev–Trinajstić information content (AvgIpc) is 3.00. The quantitative estimate of drug-likeness (QED) is 0.545. The SMILES string of the molecule is O=C(C[C@@H]1C(=O)N(c2ccc(Cl)cc2)C(=S)N1Cc1ccccc1)Nc1ccccc1. The molecule has 0 unspecified atom stereocenters. The fourth-order valence-corrected chi connectivity index (χ4v) is 4.04. The minimum Gasteiger partial charge on any atom is -0.332 e. The summed E-state index contributed by atoms with van der Waals surface area (Å²) in [7, 11) is 0. The van der Waals surface area contributed by atoms with Crippen molar-refractivity contribution in [1.29, 1.82) is 0 Å². The Morgan fingerprint density at radius 1 is 0.935 bits per heavy atom. The highest BCUT2D eigenvalue weighted by Gasteiger charge is 2.44. The fraction of sp³-hybridized carbons (Fsp3) is 0.125. The van der Waals surface area contributed by atoms with E-state index in [0.717, 1.165) is 5.56 Å². The number of rotatable bonds is 6. The van der Waals surface area contributed by atoms with E-state index in [0.29, 0.717) is 28.1 Å². The second-order valence-corrected chi connectivity index (χ2v) is 7.98. The Bertz CT molecular complexity index is 1090. The predicted molar refractivity (Wildman–Crippen MR) is 127 cm³/mol. The smallest absolute Gasteiger partial charge is 0.256 e. The molecular weight excluding hydrogens is 430 g/mol. The maximum Gasteiger partial charge on any atom is 0.256 e. The van der Waals surface area contributed by atoms with Crippen molar-refractivity contribution in [3.63, 3.8) is 0 Å². The van der Waals surface area contributed by atoms with Gasteiger partial charge in [0.05, 0.1) is 12.1 Å². The molecule has 1 fully saturated rings. The molecule has 0 bridgehead atoms. The van der Waals surface area contributed by atoms with E-state index in [1.165, 1.54) is 4.90 Å². The molecule has 1 atom stereocenters. The number of hydrogen-bond acceptors (Lipinski definition) is 3. The van der Waals surface area contributed by atoms with Gasteiger partial charge in [-0.3, -0.25) is 14.5 Å². The summed E-state index contributed by atoms with van der Waals surface area (Å²) in [5.41, 5.74) is 2.32. The van der Waals surface area contributed by atoms with E-state index in [4.69, 9.17) is 23.8 Å². The fourth-order valence-electron chi connectivity index (χ4n) is 3.53. The summed E-state index contributed by atoms with van der Waals surface area (Å²) in [6, 6.07) is 25.1. The first kappa shape index (κ1) is 21.0. The third-order valence-electron chi connectivity index (χ3n) is 5.04. The lowest BCUT2D eigenvalue weighted by molar-refractivity contribution is -0.124. The third-order valence-corrected chi connectivity index (χ3v) is 5.70. The Labute approximate surface area is 191 Å².